The van der Waals surface area contributed by atoms with Crippen LogP contribution >= 0.6 is 0 Å². The van der Waals surface area contributed by atoms with E-state index in [0.717, 1.165) is 6.20 Å². The number of hydrogen-bond donors (Lipinski definition) is 1. The van der Waals surface area contributed by atoms with E-state index in [0.29, 0.717) is 11.5 Å². The van der Waals surface area contributed by atoms with Gasteiger partial charge in [-0.15, -0.1) is 0 Å². The van der Waals surface area contributed by atoms with E-state index in [1.807, 2.05) is 0 Å². The van der Waals surface area contributed by atoms with Crippen LogP contribution in [0.15, 0.2) is 22.9 Å². The van der Waals surface area contributed by atoms with Gasteiger partial charge in [-0.3, -0.25) is 14.8 Å². The fraction of sp³-hybridized carbons (Fsp3) is 0.200. The van der Waals surface area contributed by atoms with Gasteiger partial charge in [-0.05, 0) is 13.0 Å². The van der Waals surface area contributed by atoms with E-state index in [4.69, 9.17) is 9.52 Å². The molecule has 0 spiro atoms. The number of carbonyl (C=O) groups is 1. The molecule has 2 aromatic heterocycles. The number of aromatic carboxylic acids is 1. The quantitative estimate of drug-likeness (QED) is 0.650. The van der Waals surface area contributed by atoms with Crippen molar-refractivity contribution in [1.82, 2.24) is 9.78 Å². The molecule has 0 saturated carbocycles. The molecule has 0 radical (unpaired) electrons. The number of aryl methyl sites for hydroxylation is 1. The number of aromatic nitrogens is 2. The molecule has 2 aromatic rings. The zero-order chi connectivity index (χ0) is 13.3. The van der Waals surface area contributed by atoms with Crippen LogP contribution in [-0.2, 0) is 6.54 Å². The summed E-state index contributed by atoms with van der Waals surface area (Å²) in [6.07, 6.45) is 2.37. The summed E-state index contributed by atoms with van der Waals surface area (Å²) in [5.41, 5.74) is -0.0524. The van der Waals surface area contributed by atoms with Crippen LogP contribution in [0.1, 0.15) is 21.9 Å². The third-order valence-corrected chi connectivity index (χ3v) is 2.35. The number of carboxylic acids is 1. The van der Waals surface area contributed by atoms with E-state index in [2.05, 4.69) is 5.10 Å². The Labute approximate surface area is 101 Å². The lowest BCUT2D eigenvalue weighted by atomic mass is 10.2. The molecular weight excluding hydrogens is 242 g/mol. The molecule has 0 aliphatic heterocycles. The maximum Gasteiger partial charge on any atom is 0.339 e. The number of nitro groups is 1. The third kappa shape index (κ3) is 2.21. The molecular formula is C10H9N3O5. The van der Waals surface area contributed by atoms with Crippen LogP contribution in [0.3, 0.4) is 0 Å². The van der Waals surface area contributed by atoms with E-state index in [1.54, 1.807) is 6.92 Å². The first kappa shape index (κ1) is 11.8. The number of nitrogens with zero attached hydrogens (tertiary/aromatic N) is 3. The van der Waals surface area contributed by atoms with Crippen LogP contribution in [0.4, 0.5) is 5.69 Å². The highest BCUT2D eigenvalue weighted by molar-refractivity contribution is 5.88. The van der Waals surface area contributed by atoms with Gasteiger partial charge in [0.1, 0.15) is 29.5 Å². The monoisotopic (exact) mass is 251 g/mol. The lowest BCUT2D eigenvalue weighted by Gasteiger charge is -1.95. The van der Waals surface area contributed by atoms with Crippen LogP contribution in [-0.4, -0.2) is 25.8 Å². The van der Waals surface area contributed by atoms with Crippen molar-refractivity contribution in [3.8, 4) is 0 Å². The van der Waals surface area contributed by atoms with E-state index >= 15 is 0 Å². The van der Waals surface area contributed by atoms with E-state index in [9.17, 15) is 14.9 Å². The van der Waals surface area contributed by atoms with Crippen LogP contribution in [0, 0.1) is 17.0 Å². The molecule has 0 bridgehead atoms. The molecule has 8 nitrogen and oxygen atoms in total. The normalized spacial score (nSPS) is 10.5. The first-order chi connectivity index (χ1) is 8.47. The number of carboxylic acid groups (broad SMARTS) is 1. The highest BCUT2D eigenvalue weighted by Gasteiger charge is 2.15. The average molecular weight is 251 g/mol. The lowest BCUT2D eigenvalue weighted by molar-refractivity contribution is -0.385. The summed E-state index contributed by atoms with van der Waals surface area (Å²) in [4.78, 5) is 20.7. The van der Waals surface area contributed by atoms with Crippen molar-refractivity contribution < 1.29 is 19.2 Å². The van der Waals surface area contributed by atoms with Gasteiger partial charge in [-0.25, -0.2) is 4.79 Å². The second kappa shape index (κ2) is 4.32. The fourth-order valence-electron chi connectivity index (χ4n) is 1.53. The molecule has 0 aliphatic carbocycles. The molecule has 0 unspecified atom stereocenters. The second-order valence-electron chi connectivity index (χ2n) is 3.64. The highest BCUT2D eigenvalue weighted by atomic mass is 16.6. The maximum atomic E-state index is 10.8. The van der Waals surface area contributed by atoms with E-state index < -0.39 is 10.9 Å². The molecule has 0 atom stereocenters. The van der Waals surface area contributed by atoms with Gasteiger partial charge in [0.2, 0.25) is 0 Å². The van der Waals surface area contributed by atoms with Gasteiger partial charge in [-0.2, -0.15) is 5.10 Å². The Morgan fingerprint density at radius 2 is 2.39 bits per heavy atom. The smallest absolute Gasteiger partial charge is 0.339 e. The van der Waals surface area contributed by atoms with E-state index in [-0.39, 0.29) is 17.8 Å². The molecule has 0 amide bonds. The van der Waals surface area contributed by atoms with Gasteiger partial charge in [0.25, 0.3) is 0 Å². The van der Waals surface area contributed by atoms with Gasteiger partial charge in [0, 0.05) is 0 Å². The summed E-state index contributed by atoms with van der Waals surface area (Å²) >= 11 is 0. The number of rotatable bonds is 4. The molecule has 0 aliphatic rings. The van der Waals surface area contributed by atoms with Crippen LogP contribution < -0.4 is 0 Å². The Bertz CT molecular complexity index is 613. The van der Waals surface area contributed by atoms with Gasteiger partial charge in [-0.1, -0.05) is 0 Å². The summed E-state index contributed by atoms with van der Waals surface area (Å²) in [6, 6.07) is 1.38. The predicted octanol–water partition coefficient (Wildman–Crippen LogP) is 1.44. The van der Waals surface area contributed by atoms with Crippen molar-refractivity contribution in [3.05, 3.63) is 45.7 Å². The molecule has 94 valence electrons. The third-order valence-electron chi connectivity index (χ3n) is 2.35. The summed E-state index contributed by atoms with van der Waals surface area (Å²) in [5, 5.41) is 23.1. The first-order valence-electron chi connectivity index (χ1n) is 4.97. The minimum absolute atomic E-state index is 0.0756. The Morgan fingerprint density at radius 3 is 2.89 bits per heavy atom. The van der Waals surface area contributed by atoms with Crippen LogP contribution in [0.5, 0.6) is 0 Å². The topological polar surface area (TPSA) is 111 Å². The van der Waals surface area contributed by atoms with Crippen molar-refractivity contribution in [1.29, 1.82) is 0 Å². The van der Waals surface area contributed by atoms with Crippen LogP contribution in [0.25, 0.3) is 0 Å². The van der Waals surface area contributed by atoms with Gasteiger partial charge < -0.3 is 9.52 Å². The Kier molecular flexibility index (Phi) is 2.84. The number of hydrogen-bond acceptors (Lipinski definition) is 5. The average Bonchev–Trinajstić information content (AvgIpc) is 2.86. The molecule has 2 rings (SSSR count). The zero-order valence-corrected chi connectivity index (χ0v) is 9.36. The standard InChI is InChI=1S/C10H9N3O5/c1-6-9(10(14)15)2-8(18-6)5-12-4-7(3-11-12)13(16)17/h2-4H,5H2,1H3,(H,14,15). The lowest BCUT2D eigenvalue weighted by Crippen LogP contribution is -1.99. The molecule has 8 heteroatoms. The summed E-state index contributed by atoms with van der Waals surface area (Å²) in [6.45, 7) is 1.68. The fourth-order valence-corrected chi connectivity index (χ4v) is 1.53. The molecule has 2 heterocycles. The molecule has 0 saturated heterocycles. The predicted molar refractivity (Wildman–Crippen MR) is 58.4 cm³/mol. The Hall–Kier alpha value is -2.64. The van der Waals surface area contributed by atoms with Crippen LogP contribution in [0.2, 0.25) is 0 Å². The van der Waals surface area contributed by atoms with E-state index in [1.165, 1.54) is 16.9 Å². The largest absolute Gasteiger partial charge is 0.478 e. The van der Waals surface area contributed by atoms with Gasteiger partial charge in [0.15, 0.2) is 0 Å². The van der Waals surface area contributed by atoms with Crippen molar-refractivity contribution >= 4 is 11.7 Å². The summed E-state index contributed by atoms with van der Waals surface area (Å²) in [7, 11) is 0. The van der Waals surface area contributed by atoms with Gasteiger partial charge in [0.05, 0.1) is 11.5 Å². The highest BCUT2D eigenvalue weighted by Crippen LogP contribution is 2.16. The molecule has 0 fully saturated rings. The molecule has 18 heavy (non-hydrogen) atoms. The first-order valence-corrected chi connectivity index (χ1v) is 4.97. The van der Waals surface area contributed by atoms with Crippen molar-refractivity contribution in [2.45, 2.75) is 13.5 Å². The molecule has 1 N–H and O–H groups in total. The zero-order valence-electron chi connectivity index (χ0n) is 9.36. The maximum absolute atomic E-state index is 10.8. The summed E-state index contributed by atoms with van der Waals surface area (Å²) < 4.78 is 6.55. The molecule has 0 aromatic carbocycles. The van der Waals surface area contributed by atoms with Crippen molar-refractivity contribution in [2.24, 2.45) is 0 Å². The second-order valence-corrected chi connectivity index (χ2v) is 3.64. The minimum Gasteiger partial charge on any atom is -0.478 e. The Morgan fingerprint density at radius 1 is 1.67 bits per heavy atom. The number of furan rings is 1. The van der Waals surface area contributed by atoms with Crippen molar-refractivity contribution in [2.75, 3.05) is 0 Å². The Balaban J connectivity index is 2.20. The SMILES string of the molecule is Cc1oc(Cn2cc([N+](=O)[O-])cn2)cc1C(=O)O. The van der Waals surface area contributed by atoms with Gasteiger partial charge >= 0.3 is 11.7 Å². The minimum atomic E-state index is -1.08. The van der Waals surface area contributed by atoms with Crippen molar-refractivity contribution in [3.63, 3.8) is 0 Å². The summed E-state index contributed by atoms with van der Waals surface area (Å²) in [5.74, 6) is -0.406.